The summed E-state index contributed by atoms with van der Waals surface area (Å²) in [6, 6.07) is 8.00. The van der Waals surface area contributed by atoms with Crippen molar-refractivity contribution in [2.75, 3.05) is 53.0 Å². The van der Waals surface area contributed by atoms with Gasteiger partial charge in [0.1, 0.15) is 5.75 Å². The summed E-state index contributed by atoms with van der Waals surface area (Å²) in [6.07, 6.45) is 0. The summed E-state index contributed by atoms with van der Waals surface area (Å²) >= 11 is 0. The smallest absolute Gasteiger partial charge is 0.191 e. The molecular formula is C19H33IN4O2. The minimum Gasteiger partial charge on any atom is -0.496 e. The van der Waals surface area contributed by atoms with Crippen molar-refractivity contribution in [2.24, 2.45) is 10.9 Å². The van der Waals surface area contributed by atoms with E-state index in [9.17, 15) is 0 Å². The Morgan fingerprint density at radius 1 is 1.27 bits per heavy atom. The number of nitrogens with zero attached hydrogens (tertiary/aromatic N) is 2. The Morgan fingerprint density at radius 3 is 2.69 bits per heavy atom. The number of hydrogen-bond acceptors (Lipinski definition) is 4. The van der Waals surface area contributed by atoms with Crippen LogP contribution in [0.2, 0.25) is 0 Å². The van der Waals surface area contributed by atoms with Crippen LogP contribution in [-0.2, 0) is 11.3 Å². The predicted molar refractivity (Wildman–Crippen MR) is 118 cm³/mol. The Labute approximate surface area is 174 Å². The Morgan fingerprint density at radius 2 is 2.00 bits per heavy atom. The van der Waals surface area contributed by atoms with E-state index in [1.807, 2.05) is 24.3 Å². The molecule has 26 heavy (non-hydrogen) atoms. The van der Waals surface area contributed by atoms with Crippen molar-refractivity contribution in [3.05, 3.63) is 29.8 Å². The summed E-state index contributed by atoms with van der Waals surface area (Å²) < 4.78 is 10.8. The lowest BCUT2D eigenvalue weighted by atomic mass is 10.1. The fourth-order valence-corrected chi connectivity index (χ4v) is 2.90. The molecule has 0 radical (unpaired) electrons. The van der Waals surface area contributed by atoms with Crippen molar-refractivity contribution in [3.63, 3.8) is 0 Å². The van der Waals surface area contributed by atoms with Crippen molar-refractivity contribution >= 4 is 29.9 Å². The largest absolute Gasteiger partial charge is 0.496 e. The molecule has 148 valence electrons. The van der Waals surface area contributed by atoms with Crippen LogP contribution in [0.15, 0.2) is 29.3 Å². The Bertz CT molecular complexity index is 536. The number of methoxy groups -OCH3 is 1. The highest BCUT2D eigenvalue weighted by atomic mass is 127. The highest BCUT2D eigenvalue weighted by Crippen LogP contribution is 2.17. The third-order valence-electron chi connectivity index (χ3n) is 4.24. The van der Waals surface area contributed by atoms with Crippen LogP contribution in [0, 0.1) is 5.92 Å². The normalized spacial score (nSPS) is 16.5. The molecule has 7 heteroatoms. The Balaban J connectivity index is 0.00000338. The highest BCUT2D eigenvalue weighted by Gasteiger charge is 2.14. The van der Waals surface area contributed by atoms with Crippen LogP contribution >= 0.6 is 24.0 Å². The van der Waals surface area contributed by atoms with Crippen LogP contribution < -0.4 is 15.4 Å². The van der Waals surface area contributed by atoms with Gasteiger partial charge in [0.25, 0.3) is 0 Å². The molecule has 1 aromatic rings. The molecule has 0 aliphatic carbocycles. The summed E-state index contributed by atoms with van der Waals surface area (Å²) in [5, 5.41) is 6.77. The maximum atomic E-state index is 5.41. The second-order valence-electron chi connectivity index (χ2n) is 6.41. The molecule has 1 atom stereocenters. The molecule has 0 aromatic heterocycles. The van der Waals surface area contributed by atoms with Gasteiger partial charge in [0, 0.05) is 38.3 Å². The van der Waals surface area contributed by atoms with Gasteiger partial charge in [0.15, 0.2) is 5.96 Å². The summed E-state index contributed by atoms with van der Waals surface area (Å²) in [7, 11) is 1.69. The van der Waals surface area contributed by atoms with E-state index in [-0.39, 0.29) is 24.0 Å². The monoisotopic (exact) mass is 476 g/mol. The van der Waals surface area contributed by atoms with E-state index >= 15 is 0 Å². The molecule has 1 fully saturated rings. The number of halogens is 1. The number of guanidine groups is 1. The fourth-order valence-electron chi connectivity index (χ4n) is 2.90. The molecule has 1 unspecified atom stereocenters. The van der Waals surface area contributed by atoms with Gasteiger partial charge in [-0.1, -0.05) is 25.1 Å². The molecule has 1 aromatic carbocycles. The number of hydrogen-bond donors (Lipinski definition) is 2. The molecule has 1 heterocycles. The SMILES string of the molecule is CCNC(=NCc1ccccc1OC)NCC(C)CN1CCOCC1.I. The molecule has 0 saturated carbocycles. The number of para-hydroxylation sites is 1. The first-order valence-corrected chi connectivity index (χ1v) is 9.17. The standard InChI is InChI=1S/C19H32N4O2.HI/c1-4-20-19(22-14-17-7-5-6-8-18(17)24-3)21-13-16(2)15-23-9-11-25-12-10-23;/h5-8,16H,4,9-15H2,1-3H3,(H2,20,21,22);1H. The maximum Gasteiger partial charge on any atom is 0.191 e. The van der Waals surface area contributed by atoms with Crippen molar-refractivity contribution in [2.45, 2.75) is 20.4 Å². The summed E-state index contributed by atoms with van der Waals surface area (Å²) in [6.45, 7) is 11.5. The molecule has 0 spiro atoms. The van der Waals surface area contributed by atoms with E-state index in [2.05, 4.69) is 29.4 Å². The van der Waals surface area contributed by atoms with Crippen LogP contribution in [0.25, 0.3) is 0 Å². The van der Waals surface area contributed by atoms with Crippen LogP contribution in [0.1, 0.15) is 19.4 Å². The van der Waals surface area contributed by atoms with E-state index in [0.29, 0.717) is 12.5 Å². The second-order valence-corrected chi connectivity index (χ2v) is 6.41. The average molecular weight is 476 g/mol. The van der Waals surface area contributed by atoms with Gasteiger partial charge < -0.3 is 20.1 Å². The number of benzene rings is 1. The number of nitrogens with one attached hydrogen (secondary N) is 2. The molecule has 1 aliphatic rings. The first kappa shape index (κ1) is 23.0. The number of rotatable bonds is 8. The molecule has 2 N–H and O–H groups in total. The van der Waals surface area contributed by atoms with Gasteiger partial charge in [-0.05, 0) is 18.9 Å². The third-order valence-corrected chi connectivity index (χ3v) is 4.24. The average Bonchev–Trinajstić information content (AvgIpc) is 2.65. The van der Waals surface area contributed by atoms with Gasteiger partial charge in [-0.3, -0.25) is 4.90 Å². The highest BCUT2D eigenvalue weighted by molar-refractivity contribution is 14.0. The predicted octanol–water partition coefficient (Wildman–Crippen LogP) is 2.34. The van der Waals surface area contributed by atoms with E-state index in [1.54, 1.807) is 7.11 Å². The van der Waals surface area contributed by atoms with Crippen LogP contribution in [0.5, 0.6) is 5.75 Å². The van der Waals surface area contributed by atoms with E-state index < -0.39 is 0 Å². The molecule has 1 aliphatic heterocycles. The van der Waals surface area contributed by atoms with Crippen molar-refractivity contribution < 1.29 is 9.47 Å². The van der Waals surface area contributed by atoms with Gasteiger partial charge in [-0.2, -0.15) is 0 Å². The van der Waals surface area contributed by atoms with Crippen LogP contribution in [-0.4, -0.2) is 63.9 Å². The van der Waals surface area contributed by atoms with Crippen molar-refractivity contribution in [1.29, 1.82) is 0 Å². The number of morpholine rings is 1. The quantitative estimate of drug-likeness (QED) is 0.343. The van der Waals surface area contributed by atoms with E-state index in [0.717, 1.165) is 63.2 Å². The zero-order valence-corrected chi connectivity index (χ0v) is 18.5. The van der Waals surface area contributed by atoms with E-state index in [1.165, 1.54) is 0 Å². The van der Waals surface area contributed by atoms with Gasteiger partial charge in [-0.25, -0.2) is 4.99 Å². The van der Waals surface area contributed by atoms with Gasteiger partial charge >= 0.3 is 0 Å². The van der Waals surface area contributed by atoms with Crippen LogP contribution in [0.4, 0.5) is 0 Å². The number of ether oxygens (including phenoxy) is 2. The Hall–Kier alpha value is -1.06. The van der Waals surface area contributed by atoms with Gasteiger partial charge in [0.2, 0.25) is 0 Å². The zero-order chi connectivity index (χ0) is 17.9. The fraction of sp³-hybridized carbons (Fsp3) is 0.632. The van der Waals surface area contributed by atoms with Crippen molar-refractivity contribution in [3.8, 4) is 5.75 Å². The van der Waals surface area contributed by atoms with E-state index in [4.69, 9.17) is 14.5 Å². The first-order valence-electron chi connectivity index (χ1n) is 9.17. The molecule has 2 rings (SSSR count). The minimum absolute atomic E-state index is 0. The lowest BCUT2D eigenvalue weighted by Crippen LogP contribution is -2.44. The Kier molecular flexibility index (Phi) is 11.6. The molecule has 0 bridgehead atoms. The zero-order valence-electron chi connectivity index (χ0n) is 16.2. The first-order chi connectivity index (χ1) is 12.2. The lowest BCUT2D eigenvalue weighted by molar-refractivity contribution is 0.0320. The summed E-state index contributed by atoms with van der Waals surface area (Å²) in [5.74, 6) is 2.28. The topological polar surface area (TPSA) is 58.1 Å². The summed E-state index contributed by atoms with van der Waals surface area (Å²) in [5.41, 5.74) is 1.09. The number of aliphatic imine (C=N–C) groups is 1. The molecule has 6 nitrogen and oxygen atoms in total. The minimum atomic E-state index is 0. The van der Waals surface area contributed by atoms with Crippen molar-refractivity contribution in [1.82, 2.24) is 15.5 Å². The lowest BCUT2D eigenvalue weighted by Gasteiger charge is -2.29. The third kappa shape index (κ3) is 8.09. The second kappa shape index (κ2) is 13.2. The van der Waals surface area contributed by atoms with Gasteiger partial charge in [-0.15, -0.1) is 24.0 Å². The summed E-state index contributed by atoms with van der Waals surface area (Å²) in [4.78, 5) is 7.16. The molecule has 1 saturated heterocycles. The maximum absolute atomic E-state index is 5.41. The van der Waals surface area contributed by atoms with Crippen LogP contribution in [0.3, 0.4) is 0 Å². The molecule has 0 amide bonds. The molecular weight excluding hydrogens is 443 g/mol. The van der Waals surface area contributed by atoms with Gasteiger partial charge in [0.05, 0.1) is 26.9 Å².